The van der Waals surface area contributed by atoms with Gasteiger partial charge in [0.15, 0.2) is 0 Å². The minimum absolute atomic E-state index is 0.288. The second kappa shape index (κ2) is 3.34. The molecule has 0 saturated heterocycles. The number of aryl methyl sites for hydroxylation is 2. The Morgan fingerprint density at radius 1 is 1.70 bits per heavy atom. The molecule has 1 aromatic heterocycles. The predicted octanol–water partition coefficient (Wildman–Crippen LogP) is 1.02. The lowest BCUT2D eigenvalue weighted by atomic mass is 10.3. The molecule has 2 radical (unpaired) electrons. The lowest BCUT2D eigenvalue weighted by molar-refractivity contribution is 0.425. The van der Waals surface area contributed by atoms with Crippen LogP contribution in [0.5, 0.6) is 0 Å². The van der Waals surface area contributed by atoms with Crippen molar-refractivity contribution in [1.82, 2.24) is 9.78 Å². The molecule has 10 heavy (non-hydrogen) atoms. The van der Waals surface area contributed by atoms with Crippen molar-refractivity contribution in [1.29, 1.82) is 0 Å². The Balaban J connectivity index is 2.59. The van der Waals surface area contributed by atoms with E-state index < -0.39 is 6.67 Å². The first-order valence-corrected chi connectivity index (χ1v) is 3.29. The number of aromatic nitrogens is 2. The molecule has 1 rings (SSSR count). The van der Waals surface area contributed by atoms with Crippen molar-refractivity contribution in [3.8, 4) is 0 Å². The molecule has 0 saturated carbocycles. The van der Waals surface area contributed by atoms with Crippen LogP contribution in [0, 0.1) is 12.4 Å². The number of nitrogens with zero attached hydrogens (tertiary/aromatic N) is 2. The highest BCUT2D eigenvalue weighted by molar-refractivity contribution is 4.98. The van der Waals surface area contributed by atoms with Gasteiger partial charge in [0.1, 0.15) is 12.9 Å². The van der Waals surface area contributed by atoms with Gasteiger partial charge in [0.25, 0.3) is 0 Å². The Morgan fingerprint density at radius 3 is 3.00 bits per heavy atom. The van der Waals surface area contributed by atoms with Crippen LogP contribution in [0.3, 0.4) is 0 Å². The van der Waals surface area contributed by atoms with Gasteiger partial charge in [0, 0.05) is 5.56 Å². The largest absolute Gasteiger partial charge is 0.260 e. The fraction of sp³-hybridized carbons (Fsp3) is 0.571. The summed E-state index contributed by atoms with van der Waals surface area (Å²) in [6, 6.07) is 0. The number of hydrogen-bond donors (Lipinski definition) is 0. The van der Waals surface area contributed by atoms with E-state index in [1.165, 1.54) is 4.68 Å². The van der Waals surface area contributed by atoms with Gasteiger partial charge in [0.05, 0.1) is 12.7 Å². The molecule has 0 amide bonds. The van der Waals surface area contributed by atoms with Crippen molar-refractivity contribution in [2.45, 2.75) is 19.9 Å². The molecule has 0 aliphatic heterocycles. The third-order valence-electron chi connectivity index (χ3n) is 1.22. The summed E-state index contributed by atoms with van der Waals surface area (Å²) in [5.41, 5.74) is 0.911. The molecule has 0 atom stereocenters. The molecule has 0 unspecified atom stereocenters. The Morgan fingerprint density at radius 2 is 2.50 bits per heavy atom. The van der Waals surface area contributed by atoms with E-state index in [-0.39, 0.29) is 6.54 Å². The highest BCUT2D eigenvalue weighted by Gasteiger charge is 1.95. The minimum atomic E-state index is -0.394. The Labute approximate surface area is 59.7 Å². The van der Waals surface area contributed by atoms with Crippen LogP contribution in [0.15, 0.2) is 0 Å². The molecule has 0 aliphatic carbocycles. The maximum Gasteiger partial charge on any atom is 0.117 e. The number of alkyl halides is 1. The van der Waals surface area contributed by atoms with Gasteiger partial charge in [-0.25, -0.2) is 4.39 Å². The Kier molecular flexibility index (Phi) is 2.42. The average Bonchev–Trinajstić information content (AvgIpc) is 2.37. The highest BCUT2D eigenvalue weighted by atomic mass is 19.1. The Bertz CT molecular complexity index is 195. The number of halogens is 1. The molecular formula is C7H9FN2. The van der Waals surface area contributed by atoms with Gasteiger partial charge in [-0.15, -0.1) is 0 Å². The van der Waals surface area contributed by atoms with E-state index in [0.29, 0.717) is 0 Å². The molecule has 54 valence electrons. The van der Waals surface area contributed by atoms with Crippen LogP contribution < -0.4 is 0 Å². The highest BCUT2D eigenvalue weighted by Crippen LogP contribution is 1.95. The van der Waals surface area contributed by atoms with Crippen molar-refractivity contribution in [2.75, 3.05) is 6.67 Å². The topological polar surface area (TPSA) is 17.8 Å². The van der Waals surface area contributed by atoms with Gasteiger partial charge < -0.3 is 0 Å². The summed E-state index contributed by atoms with van der Waals surface area (Å²) >= 11 is 0. The molecule has 0 fully saturated rings. The van der Waals surface area contributed by atoms with Gasteiger partial charge in [0.2, 0.25) is 0 Å². The van der Waals surface area contributed by atoms with E-state index in [4.69, 9.17) is 0 Å². The Hall–Kier alpha value is -0.860. The zero-order chi connectivity index (χ0) is 7.40. The van der Waals surface area contributed by atoms with Gasteiger partial charge in [-0.2, -0.15) is 5.10 Å². The van der Waals surface area contributed by atoms with E-state index in [1.54, 1.807) is 0 Å². The second-order valence-corrected chi connectivity index (χ2v) is 1.97. The lowest BCUT2D eigenvalue weighted by Crippen LogP contribution is -1.99. The van der Waals surface area contributed by atoms with Crippen molar-refractivity contribution >= 4 is 0 Å². The van der Waals surface area contributed by atoms with Crippen LogP contribution in [0.25, 0.3) is 0 Å². The summed E-state index contributed by atoms with van der Waals surface area (Å²) < 4.78 is 13.1. The summed E-state index contributed by atoms with van der Waals surface area (Å²) in [5.74, 6) is 0. The quantitative estimate of drug-likeness (QED) is 0.612. The van der Waals surface area contributed by atoms with Gasteiger partial charge in [-0.3, -0.25) is 4.68 Å². The first kappa shape index (κ1) is 7.25. The van der Waals surface area contributed by atoms with Crippen LogP contribution in [-0.2, 0) is 13.0 Å². The lowest BCUT2D eigenvalue weighted by Gasteiger charge is -1.90. The molecule has 2 nitrogen and oxygen atoms in total. The molecule has 0 aromatic carbocycles. The van der Waals surface area contributed by atoms with E-state index >= 15 is 0 Å². The zero-order valence-electron chi connectivity index (χ0n) is 5.89. The first-order valence-electron chi connectivity index (χ1n) is 3.29. The van der Waals surface area contributed by atoms with Crippen LogP contribution in [0.1, 0.15) is 12.5 Å². The monoisotopic (exact) mass is 140 g/mol. The predicted molar refractivity (Wildman–Crippen MR) is 35.3 cm³/mol. The van der Waals surface area contributed by atoms with Crippen LogP contribution in [0.2, 0.25) is 0 Å². The molecule has 1 aromatic rings. The summed E-state index contributed by atoms with van der Waals surface area (Å²) in [5, 5.41) is 3.77. The molecule has 0 bridgehead atoms. The van der Waals surface area contributed by atoms with Crippen molar-refractivity contribution in [3.63, 3.8) is 0 Å². The molecule has 3 heteroatoms. The minimum Gasteiger partial charge on any atom is -0.260 e. The molecule has 0 N–H and O–H groups in total. The normalized spacial score (nSPS) is 10.2. The molecule has 0 aliphatic rings. The molecule has 1 heterocycles. The maximum absolute atomic E-state index is 11.7. The summed E-state index contributed by atoms with van der Waals surface area (Å²) in [6.07, 6.45) is 6.46. The fourth-order valence-corrected chi connectivity index (χ4v) is 0.671. The average molecular weight is 140 g/mol. The van der Waals surface area contributed by atoms with Crippen molar-refractivity contribution < 1.29 is 4.39 Å². The first-order chi connectivity index (χ1) is 4.86. The third-order valence-corrected chi connectivity index (χ3v) is 1.22. The molecule has 0 spiro atoms. The maximum atomic E-state index is 11.7. The second-order valence-electron chi connectivity index (χ2n) is 1.97. The van der Waals surface area contributed by atoms with Gasteiger partial charge >= 0.3 is 0 Å². The smallest absolute Gasteiger partial charge is 0.117 e. The number of hydrogen-bond acceptors (Lipinski definition) is 1. The van der Waals surface area contributed by atoms with Crippen LogP contribution in [0.4, 0.5) is 4.39 Å². The summed E-state index contributed by atoms with van der Waals surface area (Å²) in [6.45, 7) is 1.88. The van der Waals surface area contributed by atoms with Crippen LogP contribution in [-0.4, -0.2) is 16.5 Å². The number of rotatable bonds is 3. The molecular weight excluding hydrogens is 131 g/mol. The SMILES string of the molecule is CCc1[c]nn(CCF)[c]1. The third kappa shape index (κ3) is 1.56. The summed E-state index contributed by atoms with van der Waals surface area (Å²) in [4.78, 5) is 0. The zero-order valence-corrected chi connectivity index (χ0v) is 5.89. The van der Waals surface area contributed by atoms with E-state index in [0.717, 1.165) is 12.0 Å². The van der Waals surface area contributed by atoms with Crippen molar-refractivity contribution in [3.05, 3.63) is 18.0 Å². The van der Waals surface area contributed by atoms with E-state index in [9.17, 15) is 4.39 Å². The van der Waals surface area contributed by atoms with Crippen molar-refractivity contribution in [2.24, 2.45) is 0 Å². The van der Waals surface area contributed by atoms with Crippen LogP contribution >= 0.6 is 0 Å². The van der Waals surface area contributed by atoms with E-state index in [2.05, 4.69) is 17.5 Å². The summed E-state index contributed by atoms with van der Waals surface area (Å²) in [7, 11) is 0. The van der Waals surface area contributed by atoms with Gasteiger partial charge in [-0.1, -0.05) is 6.92 Å². The van der Waals surface area contributed by atoms with Gasteiger partial charge in [-0.05, 0) is 6.42 Å². The standard InChI is InChI=1S/C7H9FN2/c1-2-7-5-9-10(6-7)4-3-8/h2-4H2,1H3. The fourth-order valence-electron chi connectivity index (χ4n) is 0.671. The van der Waals surface area contributed by atoms with E-state index in [1.807, 2.05) is 6.92 Å².